The van der Waals surface area contributed by atoms with Crippen LogP contribution in [0, 0.1) is 17.2 Å². The lowest BCUT2D eigenvalue weighted by Gasteiger charge is -2.17. The predicted octanol–water partition coefficient (Wildman–Crippen LogP) is -1.84. The van der Waals surface area contributed by atoms with Crippen molar-refractivity contribution in [3.05, 3.63) is 106 Å². The minimum absolute atomic E-state index is 0.120. The fraction of sp³-hybridized carbons (Fsp3) is 0.0769. The Bertz CT molecular complexity index is 1660. The number of nitrogens with zero attached hydrogens (tertiary/aromatic N) is 2. The first-order valence-corrected chi connectivity index (χ1v) is 12.1. The van der Waals surface area contributed by atoms with E-state index >= 15 is 0 Å². The topological polar surface area (TPSA) is 167 Å². The molecular weight excluding hydrogens is 502 g/mol. The highest BCUT2D eigenvalue weighted by atomic mass is 35.7. The minimum Gasteiger partial charge on any atom is -0.508 e. The maximum atomic E-state index is 13.4. The Hall–Kier alpha value is -4.19. The number of phenols is 1. The lowest BCUT2D eigenvalue weighted by Crippen LogP contribution is -2.72. The number of benzene rings is 3. The Morgan fingerprint density at radius 2 is 1.49 bits per heavy atom. The van der Waals surface area contributed by atoms with Crippen LogP contribution in [0.25, 0.3) is 28.0 Å². The zero-order valence-electron chi connectivity index (χ0n) is 19.8. The van der Waals surface area contributed by atoms with E-state index in [1.54, 1.807) is 22.9 Å². The molecule has 0 radical (unpaired) electrons. The van der Waals surface area contributed by atoms with Gasteiger partial charge in [-0.15, -0.1) is 10.2 Å². The summed E-state index contributed by atoms with van der Waals surface area (Å²) in [5, 5.41) is 11.4. The zero-order valence-corrected chi connectivity index (χ0v) is 20.5. The summed E-state index contributed by atoms with van der Waals surface area (Å²) in [7, 11) is -3.09. The number of nitrogens with one attached hydrogen (secondary N) is 1. The predicted molar refractivity (Wildman–Crippen MR) is 123 cm³/mol. The summed E-state index contributed by atoms with van der Waals surface area (Å²) < 4.78 is 43.5. The van der Waals surface area contributed by atoms with Crippen molar-refractivity contribution in [1.82, 2.24) is 9.36 Å². The van der Waals surface area contributed by atoms with E-state index < -0.39 is 10.2 Å². The molecule has 0 unspecified atom stereocenters. The van der Waals surface area contributed by atoms with Crippen molar-refractivity contribution in [2.75, 3.05) is 0 Å². The summed E-state index contributed by atoms with van der Waals surface area (Å²) in [6.45, 7) is 1.90. The van der Waals surface area contributed by atoms with E-state index in [1.807, 2.05) is 85.4 Å². The summed E-state index contributed by atoms with van der Waals surface area (Å²) in [4.78, 5) is 16.7. The Morgan fingerprint density at radius 1 is 0.892 bits per heavy atom. The van der Waals surface area contributed by atoms with Gasteiger partial charge in [0.15, 0.2) is 0 Å². The second kappa shape index (κ2) is 10.4. The fourth-order valence-electron chi connectivity index (χ4n) is 3.87. The molecule has 10 nitrogen and oxygen atoms in total. The van der Waals surface area contributed by atoms with Gasteiger partial charge in [0.05, 0.1) is 17.1 Å². The van der Waals surface area contributed by atoms with Crippen molar-refractivity contribution in [2.45, 2.75) is 6.92 Å². The molecule has 0 saturated heterocycles. The molecule has 0 aliphatic heterocycles. The van der Waals surface area contributed by atoms with Gasteiger partial charge in [-0.25, -0.2) is 23.3 Å². The van der Waals surface area contributed by atoms with Crippen molar-refractivity contribution in [1.29, 1.82) is 0 Å². The van der Waals surface area contributed by atoms with Gasteiger partial charge in [-0.05, 0) is 37.3 Å². The molecule has 0 amide bonds. The molecule has 2 aromatic heterocycles. The van der Waals surface area contributed by atoms with Crippen LogP contribution in [0.5, 0.6) is 5.75 Å². The number of fused-ring (bicyclic) bond motifs is 1. The number of hydrogen-bond acceptors (Lipinski definition) is 7. The summed E-state index contributed by atoms with van der Waals surface area (Å²) in [6.07, 6.45) is 0. The van der Waals surface area contributed by atoms with Crippen molar-refractivity contribution in [2.24, 2.45) is 7.05 Å². The van der Waals surface area contributed by atoms with Gasteiger partial charge < -0.3 is 9.52 Å². The monoisotopic (exact) mass is 523 g/mol. The van der Waals surface area contributed by atoms with Crippen molar-refractivity contribution >= 4 is 16.7 Å². The molecule has 0 aliphatic rings. The largest absolute Gasteiger partial charge is 0.508 e. The molecule has 37 heavy (non-hydrogen) atoms. The molecule has 0 saturated carbocycles. The Balaban J connectivity index is 0.000000586. The van der Waals surface area contributed by atoms with Crippen LogP contribution in [0.15, 0.2) is 94.1 Å². The lowest BCUT2D eigenvalue weighted by molar-refractivity contribution is -2.00. The van der Waals surface area contributed by atoms with E-state index in [0.29, 0.717) is 27.8 Å². The zero-order chi connectivity index (χ0) is 26.7. The van der Waals surface area contributed by atoms with Crippen molar-refractivity contribution < 1.29 is 43.4 Å². The molecule has 0 spiro atoms. The van der Waals surface area contributed by atoms with Gasteiger partial charge in [-0.2, -0.15) is 4.99 Å². The number of rotatable bonds is 3. The smallest absolute Gasteiger partial charge is 0.343 e. The molecule has 2 heterocycles. The third-order valence-corrected chi connectivity index (χ3v) is 5.62. The maximum Gasteiger partial charge on any atom is 0.343 e. The van der Waals surface area contributed by atoms with Gasteiger partial charge in [-0.1, -0.05) is 48.5 Å². The highest BCUT2D eigenvalue weighted by Crippen LogP contribution is 2.23. The van der Waals surface area contributed by atoms with Gasteiger partial charge >= 0.3 is 5.56 Å². The Morgan fingerprint density at radius 3 is 2.11 bits per heavy atom. The van der Waals surface area contributed by atoms with Crippen LogP contribution in [-0.2, 0) is 7.05 Å². The van der Waals surface area contributed by atoms with Crippen LogP contribution in [0.4, 0.5) is 5.69 Å². The SMILES string of the molecule is Cc1c([NH+]=c2cc(-c3ccccc3)oc3ccc(O)cc23)c(=O)n(-c2ccccc2)n1C.[O-][Cl+3]([O-])([O-])[O-]. The van der Waals surface area contributed by atoms with Gasteiger partial charge in [0.25, 0.3) is 5.69 Å². The molecule has 5 rings (SSSR count). The van der Waals surface area contributed by atoms with Crippen LogP contribution in [-0.4, -0.2) is 14.5 Å². The van der Waals surface area contributed by atoms with Gasteiger partial charge in [0.1, 0.15) is 22.8 Å². The molecule has 11 heteroatoms. The van der Waals surface area contributed by atoms with E-state index in [2.05, 4.69) is 4.99 Å². The molecule has 0 fully saturated rings. The van der Waals surface area contributed by atoms with Gasteiger partial charge in [0.2, 0.25) is 5.36 Å². The number of hydrogen-bond donors (Lipinski definition) is 2. The summed E-state index contributed by atoms with van der Waals surface area (Å²) in [5.41, 5.74) is 3.39. The third kappa shape index (κ3) is 5.97. The Labute approximate surface area is 212 Å². The molecule has 0 bridgehead atoms. The molecule has 190 valence electrons. The van der Waals surface area contributed by atoms with E-state index in [1.165, 1.54) is 0 Å². The summed E-state index contributed by atoms with van der Waals surface area (Å²) >= 11 is 0. The quantitative estimate of drug-likeness (QED) is 0.280. The number of aromatic hydroxyl groups is 1. The lowest BCUT2D eigenvalue weighted by atomic mass is 10.1. The highest BCUT2D eigenvalue weighted by molar-refractivity contribution is 5.79. The van der Waals surface area contributed by atoms with Gasteiger partial charge in [-0.3, -0.25) is 9.48 Å². The third-order valence-electron chi connectivity index (χ3n) is 5.62. The van der Waals surface area contributed by atoms with E-state index in [-0.39, 0.29) is 11.3 Å². The fourth-order valence-corrected chi connectivity index (χ4v) is 3.87. The normalized spacial score (nSPS) is 11.9. The highest BCUT2D eigenvalue weighted by Gasteiger charge is 2.21. The maximum absolute atomic E-state index is 13.4. The van der Waals surface area contributed by atoms with E-state index in [4.69, 9.17) is 23.1 Å². The second-order valence-corrected chi connectivity index (χ2v) is 8.77. The first kappa shape index (κ1) is 25.9. The first-order chi connectivity index (χ1) is 17.5. The van der Waals surface area contributed by atoms with Crippen molar-refractivity contribution in [3.8, 4) is 22.8 Å². The molecule has 2 N–H and O–H groups in total. The van der Waals surface area contributed by atoms with E-state index in [9.17, 15) is 9.90 Å². The van der Waals surface area contributed by atoms with Crippen LogP contribution < -0.4 is 34.5 Å². The van der Waals surface area contributed by atoms with Crippen LogP contribution in [0.2, 0.25) is 0 Å². The number of phenolic OH excluding ortho intramolecular Hbond substituents is 1. The Kier molecular flexibility index (Phi) is 7.30. The molecule has 3 aromatic carbocycles. The van der Waals surface area contributed by atoms with Crippen molar-refractivity contribution in [3.63, 3.8) is 0 Å². The minimum atomic E-state index is -4.94. The van der Waals surface area contributed by atoms with Crippen LogP contribution >= 0.6 is 0 Å². The molecular formula is C26H22ClN3O7. The average molecular weight is 524 g/mol. The number of para-hydroxylation sites is 1. The standard InChI is InChI=1S/C26H21N3O3.ClHO4/c1-17-25(26(31)29(28(17)2)19-11-7-4-8-12-19)27-22-16-24(18-9-5-3-6-10-18)32-23-14-13-20(30)15-21(22)23;2-1(3,4)5/h3-16,30H,1-2H3;(H,2,3,4,5). The van der Waals surface area contributed by atoms with Gasteiger partial charge in [0, 0.05) is 12.6 Å². The first-order valence-electron chi connectivity index (χ1n) is 10.9. The number of aromatic nitrogens is 2. The van der Waals surface area contributed by atoms with Crippen LogP contribution in [0.3, 0.4) is 0 Å². The van der Waals surface area contributed by atoms with E-state index in [0.717, 1.165) is 16.9 Å². The molecule has 0 atom stereocenters. The molecule has 0 aliphatic carbocycles. The summed E-state index contributed by atoms with van der Waals surface area (Å²) in [6, 6.07) is 26.1. The second-order valence-electron chi connectivity index (χ2n) is 8.01. The molecule has 5 aromatic rings. The summed E-state index contributed by atoms with van der Waals surface area (Å²) in [5.74, 6) is 0.776. The number of halogens is 1. The average Bonchev–Trinajstić information content (AvgIpc) is 3.07. The van der Waals surface area contributed by atoms with Crippen LogP contribution in [0.1, 0.15) is 5.69 Å².